The van der Waals surface area contributed by atoms with Crippen molar-refractivity contribution in [3.63, 3.8) is 0 Å². The standard InChI is InChI=1S/C21H17N3O5S/c1-12-3-6-16-19(9-12)30-21(22-16)23-20(25)18-8-5-15(29-18)11-28-14-4-7-17(24(26)27)13(2)10-14/h3-10H,11H2,1-2H3,(H,22,23,25). The van der Waals surface area contributed by atoms with Crippen molar-refractivity contribution in [3.8, 4) is 5.75 Å². The van der Waals surface area contributed by atoms with Crippen LogP contribution in [0.4, 0.5) is 10.8 Å². The van der Waals surface area contributed by atoms with Gasteiger partial charge in [-0.3, -0.25) is 20.2 Å². The SMILES string of the molecule is Cc1ccc2nc(NC(=O)c3ccc(COc4ccc([N+](=O)[O-])c(C)c4)o3)sc2c1. The first-order valence-corrected chi connectivity index (χ1v) is 9.86. The highest BCUT2D eigenvalue weighted by atomic mass is 32.1. The summed E-state index contributed by atoms with van der Waals surface area (Å²) >= 11 is 1.40. The minimum absolute atomic E-state index is 0.0318. The number of hydrogen-bond acceptors (Lipinski definition) is 7. The third-order valence-electron chi connectivity index (χ3n) is 4.40. The van der Waals surface area contributed by atoms with Gasteiger partial charge >= 0.3 is 0 Å². The first-order chi connectivity index (χ1) is 14.4. The van der Waals surface area contributed by atoms with E-state index in [4.69, 9.17) is 9.15 Å². The van der Waals surface area contributed by atoms with Crippen molar-refractivity contribution in [3.05, 3.63) is 81.3 Å². The number of thiazole rings is 1. The zero-order valence-electron chi connectivity index (χ0n) is 16.2. The maximum Gasteiger partial charge on any atom is 0.293 e. The lowest BCUT2D eigenvalue weighted by molar-refractivity contribution is -0.385. The molecule has 0 atom stereocenters. The van der Waals surface area contributed by atoms with Gasteiger partial charge in [0.05, 0.1) is 15.1 Å². The maximum absolute atomic E-state index is 12.4. The number of amides is 1. The zero-order chi connectivity index (χ0) is 21.3. The predicted molar refractivity (Wildman–Crippen MR) is 113 cm³/mol. The molecule has 4 aromatic rings. The number of ether oxygens (including phenoxy) is 1. The molecule has 30 heavy (non-hydrogen) atoms. The van der Waals surface area contributed by atoms with Crippen LogP contribution in [0.2, 0.25) is 0 Å². The summed E-state index contributed by atoms with van der Waals surface area (Å²) in [6.07, 6.45) is 0. The highest BCUT2D eigenvalue weighted by Crippen LogP contribution is 2.27. The number of carbonyl (C=O) groups excluding carboxylic acids is 1. The van der Waals surface area contributed by atoms with E-state index >= 15 is 0 Å². The summed E-state index contributed by atoms with van der Waals surface area (Å²) < 4.78 is 12.2. The topological polar surface area (TPSA) is 108 Å². The first-order valence-electron chi connectivity index (χ1n) is 9.04. The molecule has 152 valence electrons. The number of fused-ring (bicyclic) bond motifs is 1. The normalized spacial score (nSPS) is 10.9. The van der Waals surface area contributed by atoms with Crippen molar-refractivity contribution < 1.29 is 18.9 Å². The highest BCUT2D eigenvalue weighted by molar-refractivity contribution is 7.22. The lowest BCUT2D eigenvalue weighted by Crippen LogP contribution is -2.10. The van der Waals surface area contributed by atoms with Crippen LogP contribution in [0.5, 0.6) is 5.75 Å². The Morgan fingerprint density at radius 3 is 2.80 bits per heavy atom. The summed E-state index contributed by atoms with van der Waals surface area (Å²) in [6, 6.07) is 13.6. The van der Waals surface area contributed by atoms with E-state index in [0.717, 1.165) is 15.8 Å². The number of benzene rings is 2. The number of nitrogens with one attached hydrogen (secondary N) is 1. The second kappa shape index (κ2) is 7.96. The third-order valence-corrected chi connectivity index (χ3v) is 5.33. The summed E-state index contributed by atoms with van der Waals surface area (Å²) in [5.74, 6) is 0.675. The van der Waals surface area contributed by atoms with Gasteiger partial charge in [0.25, 0.3) is 11.6 Å². The van der Waals surface area contributed by atoms with Crippen LogP contribution in [-0.4, -0.2) is 15.8 Å². The van der Waals surface area contributed by atoms with Gasteiger partial charge in [-0.15, -0.1) is 0 Å². The van der Waals surface area contributed by atoms with Crippen LogP contribution in [0.25, 0.3) is 10.2 Å². The van der Waals surface area contributed by atoms with Crippen molar-refractivity contribution >= 4 is 38.3 Å². The fourth-order valence-corrected chi connectivity index (χ4v) is 3.86. The lowest BCUT2D eigenvalue weighted by Gasteiger charge is -2.05. The molecule has 8 nitrogen and oxygen atoms in total. The summed E-state index contributed by atoms with van der Waals surface area (Å²) in [4.78, 5) is 27.3. The molecule has 1 N–H and O–H groups in total. The van der Waals surface area contributed by atoms with E-state index < -0.39 is 10.8 Å². The van der Waals surface area contributed by atoms with Crippen molar-refractivity contribution in [1.29, 1.82) is 0 Å². The average molecular weight is 423 g/mol. The number of carbonyl (C=O) groups is 1. The number of aryl methyl sites for hydroxylation is 2. The molecule has 2 aromatic heterocycles. The van der Waals surface area contributed by atoms with Crippen LogP contribution in [0, 0.1) is 24.0 Å². The van der Waals surface area contributed by atoms with E-state index in [1.807, 2.05) is 25.1 Å². The number of nitro benzene ring substituents is 1. The monoisotopic (exact) mass is 423 g/mol. The molecular weight excluding hydrogens is 406 g/mol. The lowest BCUT2D eigenvalue weighted by atomic mass is 10.2. The van der Waals surface area contributed by atoms with Crippen molar-refractivity contribution in [1.82, 2.24) is 4.98 Å². The van der Waals surface area contributed by atoms with Crippen molar-refractivity contribution in [2.24, 2.45) is 0 Å². The first kappa shape index (κ1) is 19.6. The Labute approximate surface area is 175 Å². The van der Waals surface area contributed by atoms with Gasteiger partial charge in [0, 0.05) is 11.6 Å². The van der Waals surface area contributed by atoms with Crippen LogP contribution in [0.15, 0.2) is 52.9 Å². The van der Waals surface area contributed by atoms with Crippen LogP contribution < -0.4 is 10.1 Å². The Hall–Kier alpha value is -3.72. The molecule has 0 spiro atoms. The van der Waals surface area contributed by atoms with Gasteiger partial charge in [0.15, 0.2) is 10.9 Å². The second-order valence-corrected chi connectivity index (χ2v) is 7.74. The van der Waals surface area contributed by atoms with E-state index in [1.54, 1.807) is 25.1 Å². The molecule has 0 bridgehead atoms. The summed E-state index contributed by atoms with van der Waals surface area (Å²) in [5, 5.41) is 14.1. The van der Waals surface area contributed by atoms with Crippen LogP contribution in [0.1, 0.15) is 27.4 Å². The Balaban J connectivity index is 1.40. The number of furan rings is 1. The molecular formula is C21H17N3O5S. The van der Waals surface area contributed by atoms with Gasteiger partial charge in [0.2, 0.25) is 0 Å². The van der Waals surface area contributed by atoms with Crippen LogP contribution in [-0.2, 0) is 6.61 Å². The number of nitrogens with zero attached hydrogens (tertiary/aromatic N) is 2. The van der Waals surface area contributed by atoms with Crippen molar-refractivity contribution in [2.75, 3.05) is 5.32 Å². The Kier molecular flexibility index (Phi) is 5.20. The summed E-state index contributed by atoms with van der Waals surface area (Å²) in [6.45, 7) is 3.73. The predicted octanol–water partition coefficient (Wildman–Crippen LogP) is 5.25. The zero-order valence-corrected chi connectivity index (χ0v) is 17.0. The van der Waals surface area contributed by atoms with E-state index in [1.165, 1.54) is 23.5 Å². The second-order valence-electron chi connectivity index (χ2n) is 6.70. The summed E-state index contributed by atoms with van der Waals surface area (Å²) in [7, 11) is 0. The molecule has 2 heterocycles. The minimum Gasteiger partial charge on any atom is -0.486 e. The molecule has 0 aliphatic carbocycles. The van der Waals surface area contributed by atoms with Gasteiger partial charge in [-0.05, 0) is 55.8 Å². The van der Waals surface area contributed by atoms with Crippen LogP contribution in [0.3, 0.4) is 0 Å². The third kappa shape index (κ3) is 4.15. The molecule has 0 saturated heterocycles. The van der Waals surface area contributed by atoms with Crippen LogP contribution >= 0.6 is 11.3 Å². The molecule has 2 aromatic carbocycles. The van der Waals surface area contributed by atoms with Crippen molar-refractivity contribution in [2.45, 2.75) is 20.5 Å². The number of nitro groups is 1. The quantitative estimate of drug-likeness (QED) is 0.335. The maximum atomic E-state index is 12.4. The molecule has 9 heteroatoms. The molecule has 0 aliphatic rings. The van der Waals surface area contributed by atoms with E-state index in [-0.39, 0.29) is 18.1 Å². The number of anilines is 1. The van der Waals surface area contributed by atoms with Gasteiger partial charge in [-0.1, -0.05) is 17.4 Å². The highest BCUT2D eigenvalue weighted by Gasteiger charge is 2.15. The molecule has 0 radical (unpaired) electrons. The Morgan fingerprint density at radius 1 is 1.20 bits per heavy atom. The van der Waals surface area contributed by atoms with Gasteiger partial charge in [0.1, 0.15) is 18.1 Å². The van der Waals surface area contributed by atoms with Gasteiger partial charge in [-0.2, -0.15) is 0 Å². The largest absolute Gasteiger partial charge is 0.486 e. The number of rotatable bonds is 6. The molecule has 0 aliphatic heterocycles. The molecule has 0 unspecified atom stereocenters. The van der Waals surface area contributed by atoms with Gasteiger partial charge in [-0.25, -0.2) is 4.98 Å². The minimum atomic E-state index is -0.441. The number of hydrogen-bond donors (Lipinski definition) is 1. The smallest absolute Gasteiger partial charge is 0.293 e. The summed E-state index contributed by atoms with van der Waals surface area (Å²) in [5.41, 5.74) is 2.49. The number of aromatic nitrogens is 1. The van der Waals surface area contributed by atoms with E-state index in [0.29, 0.717) is 22.2 Å². The fraction of sp³-hybridized carbons (Fsp3) is 0.143. The molecule has 0 saturated carbocycles. The molecule has 0 fully saturated rings. The average Bonchev–Trinajstić information content (AvgIpc) is 3.32. The van der Waals surface area contributed by atoms with Gasteiger partial charge < -0.3 is 9.15 Å². The fourth-order valence-electron chi connectivity index (χ4n) is 2.90. The van der Waals surface area contributed by atoms with E-state index in [9.17, 15) is 14.9 Å². The molecule has 1 amide bonds. The Morgan fingerprint density at radius 2 is 2.03 bits per heavy atom. The molecule has 4 rings (SSSR count). The van der Waals surface area contributed by atoms with E-state index in [2.05, 4.69) is 10.3 Å². The Bertz CT molecular complexity index is 1260.